The van der Waals surface area contributed by atoms with Crippen LogP contribution in [0.4, 0.5) is 0 Å². The van der Waals surface area contributed by atoms with Crippen molar-refractivity contribution in [3.8, 4) is 5.88 Å². The van der Waals surface area contributed by atoms with Crippen LogP contribution in [0.15, 0.2) is 18.5 Å². The number of amides is 1. The number of carbonyl (C=O) groups excluding carboxylic acids is 1. The summed E-state index contributed by atoms with van der Waals surface area (Å²) < 4.78 is 14.0. The van der Waals surface area contributed by atoms with Gasteiger partial charge in [-0.25, -0.2) is 4.98 Å². The van der Waals surface area contributed by atoms with E-state index in [0.717, 1.165) is 36.2 Å². The van der Waals surface area contributed by atoms with Crippen molar-refractivity contribution in [2.24, 2.45) is 11.8 Å². The van der Waals surface area contributed by atoms with E-state index in [1.54, 1.807) is 0 Å². The Balaban J connectivity index is 1.23. The third-order valence-electron chi connectivity index (χ3n) is 5.87. The van der Waals surface area contributed by atoms with E-state index in [4.69, 9.17) is 9.47 Å². The van der Waals surface area contributed by atoms with Crippen LogP contribution < -0.4 is 10.1 Å². The van der Waals surface area contributed by atoms with Gasteiger partial charge >= 0.3 is 0 Å². The van der Waals surface area contributed by atoms with Crippen molar-refractivity contribution in [1.29, 1.82) is 0 Å². The van der Waals surface area contributed by atoms with Gasteiger partial charge in [0.2, 0.25) is 11.8 Å². The Morgan fingerprint density at radius 1 is 1.36 bits per heavy atom. The molecule has 0 aliphatic heterocycles. The van der Waals surface area contributed by atoms with Gasteiger partial charge in [0.25, 0.3) is 0 Å². The van der Waals surface area contributed by atoms with E-state index in [1.165, 1.54) is 26.2 Å². The first-order valence-electron chi connectivity index (χ1n) is 10.4. The summed E-state index contributed by atoms with van der Waals surface area (Å²) >= 11 is 0. The minimum Gasteiger partial charge on any atom is -0.477 e. The summed E-state index contributed by atoms with van der Waals surface area (Å²) in [6.07, 6.45) is 9.90. The number of aromatic nitrogens is 3. The normalized spacial score (nSPS) is 23.1. The Kier molecular flexibility index (Phi) is 5.80. The number of fused-ring (bicyclic) bond motifs is 1. The maximum Gasteiger partial charge on any atom is 0.224 e. The molecule has 2 fully saturated rings. The second-order valence-electron chi connectivity index (χ2n) is 8.38. The van der Waals surface area contributed by atoms with Crippen LogP contribution in [-0.2, 0) is 16.1 Å². The van der Waals surface area contributed by atoms with Gasteiger partial charge in [-0.1, -0.05) is 6.42 Å². The number of pyridine rings is 1. The van der Waals surface area contributed by atoms with Crippen molar-refractivity contribution in [2.75, 3.05) is 13.2 Å². The maximum absolute atomic E-state index is 11.0. The summed E-state index contributed by atoms with van der Waals surface area (Å²) in [6.45, 7) is 5.68. The highest BCUT2D eigenvalue weighted by atomic mass is 16.5. The highest BCUT2D eigenvalue weighted by molar-refractivity contribution is 5.83. The first-order valence-corrected chi connectivity index (χ1v) is 10.4. The number of nitrogens with one attached hydrogen (secondary N) is 1. The van der Waals surface area contributed by atoms with E-state index in [9.17, 15) is 4.79 Å². The molecule has 2 aromatic heterocycles. The lowest BCUT2D eigenvalue weighted by Gasteiger charge is -2.35. The highest BCUT2D eigenvalue weighted by Crippen LogP contribution is 2.33. The second-order valence-corrected chi connectivity index (χ2v) is 8.38. The van der Waals surface area contributed by atoms with Gasteiger partial charge in [-0.2, -0.15) is 5.10 Å². The van der Waals surface area contributed by atoms with Gasteiger partial charge < -0.3 is 14.8 Å². The van der Waals surface area contributed by atoms with E-state index in [-0.39, 0.29) is 18.1 Å². The van der Waals surface area contributed by atoms with E-state index in [0.29, 0.717) is 25.0 Å². The number of rotatable bonds is 9. The molecule has 7 nitrogen and oxygen atoms in total. The van der Waals surface area contributed by atoms with Gasteiger partial charge in [0.05, 0.1) is 36.4 Å². The van der Waals surface area contributed by atoms with Crippen LogP contribution in [0.25, 0.3) is 10.9 Å². The minimum absolute atomic E-state index is 0.0197. The zero-order valence-electron chi connectivity index (χ0n) is 16.8. The highest BCUT2D eigenvalue weighted by Gasteiger charge is 2.31. The lowest BCUT2D eigenvalue weighted by Crippen LogP contribution is -2.40. The molecule has 1 amide bonds. The number of hydrogen-bond acceptors (Lipinski definition) is 5. The zero-order chi connectivity index (χ0) is 19.5. The Bertz CT molecular complexity index is 811. The molecular weight excluding hydrogens is 356 g/mol. The first kappa shape index (κ1) is 19.2. The summed E-state index contributed by atoms with van der Waals surface area (Å²) in [5.41, 5.74) is 1.11. The molecule has 28 heavy (non-hydrogen) atoms. The molecule has 0 unspecified atom stereocenters. The predicted molar refractivity (Wildman–Crippen MR) is 106 cm³/mol. The second kappa shape index (κ2) is 8.47. The predicted octanol–water partition coefficient (Wildman–Crippen LogP) is 2.93. The van der Waals surface area contributed by atoms with Gasteiger partial charge in [0.15, 0.2) is 0 Å². The molecule has 2 aliphatic rings. The smallest absolute Gasteiger partial charge is 0.224 e. The van der Waals surface area contributed by atoms with Crippen molar-refractivity contribution in [3.05, 3.63) is 18.5 Å². The fraction of sp³-hybridized carbons (Fsp3) is 0.667. The third kappa shape index (κ3) is 4.46. The van der Waals surface area contributed by atoms with Gasteiger partial charge in [-0.05, 0) is 50.5 Å². The van der Waals surface area contributed by atoms with E-state index < -0.39 is 0 Å². The molecule has 1 atom stereocenters. The van der Waals surface area contributed by atoms with E-state index in [1.807, 2.05) is 25.4 Å². The van der Waals surface area contributed by atoms with Crippen LogP contribution in [0.5, 0.6) is 5.88 Å². The Morgan fingerprint density at radius 2 is 2.18 bits per heavy atom. The van der Waals surface area contributed by atoms with E-state index in [2.05, 4.69) is 20.1 Å². The summed E-state index contributed by atoms with van der Waals surface area (Å²) in [4.78, 5) is 15.4. The fourth-order valence-electron chi connectivity index (χ4n) is 3.97. The molecule has 0 saturated heterocycles. The third-order valence-corrected chi connectivity index (χ3v) is 5.87. The Labute approximate surface area is 165 Å². The average molecular weight is 386 g/mol. The Morgan fingerprint density at radius 3 is 2.89 bits per heavy atom. The SMILES string of the molecule is CC(=O)N[C@@H](C)COC1CC(COc2nccc3c2cnn3CC2CCC2)C1. The molecule has 4 rings (SSSR count). The van der Waals surface area contributed by atoms with Crippen LogP contribution in [0.3, 0.4) is 0 Å². The number of carbonyl (C=O) groups is 1. The van der Waals surface area contributed by atoms with Crippen LogP contribution in [0.2, 0.25) is 0 Å². The molecule has 0 radical (unpaired) electrons. The van der Waals surface area contributed by atoms with Gasteiger partial charge in [-0.15, -0.1) is 0 Å². The summed E-state index contributed by atoms with van der Waals surface area (Å²) in [7, 11) is 0. The van der Waals surface area contributed by atoms with Gasteiger partial charge in [0, 0.05) is 25.7 Å². The average Bonchev–Trinajstić information content (AvgIpc) is 2.99. The number of nitrogens with zero attached hydrogens (tertiary/aromatic N) is 3. The molecule has 0 aromatic carbocycles. The molecule has 7 heteroatoms. The Hall–Kier alpha value is -2.15. The van der Waals surface area contributed by atoms with Crippen LogP contribution >= 0.6 is 0 Å². The molecule has 0 spiro atoms. The summed E-state index contributed by atoms with van der Waals surface area (Å²) in [6, 6.07) is 2.07. The monoisotopic (exact) mass is 386 g/mol. The zero-order valence-corrected chi connectivity index (χ0v) is 16.8. The molecule has 0 bridgehead atoms. The van der Waals surface area contributed by atoms with Crippen molar-refractivity contribution < 1.29 is 14.3 Å². The van der Waals surface area contributed by atoms with Crippen molar-refractivity contribution >= 4 is 16.8 Å². The molecule has 1 N–H and O–H groups in total. The molecule has 152 valence electrons. The molecule has 2 aliphatic carbocycles. The fourth-order valence-corrected chi connectivity index (χ4v) is 3.97. The maximum atomic E-state index is 11.0. The summed E-state index contributed by atoms with van der Waals surface area (Å²) in [5.74, 6) is 1.92. The molecular formula is C21H30N4O3. The minimum atomic E-state index is -0.0197. The topological polar surface area (TPSA) is 78.3 Å². The standard InChI is InChI=1S/C21H30N4O3/c1-14(24-15(2)26)12-27-18-8-17(9-18)13-28-21-19-10-23-25(11-16-4-3-5-16)20(19)6-7-22-21/h6-7,10,14,16-18H,3-5,8-9,11-13H2,1-2H3,(H,24,26)/t14-,17?,18?/m0/s1. The molecule has 2 aromatic rings. The van der Waals surface area contributed by atoms with Gasteiger partial charge in [0.1, 0.15) is 0 Å². The molecule has 2 saturated carbocycles. The number of ether oxygens (including phenoxy) is 2. The van der Waals surface area contributed by atoms with Gasteiger partial charge in [-0.3, -0.25) is 9.48 Å². The van der Waals surface area contributed by atoms with E-state index >= 15 is 0 Å². The number of hydrogen-bond donors (Lipinski definition) is 1. The lowest BCUT2D eigenvalue weighted by molar-refractivity contribution is -0.120. The van der Waals surface area contributed by atoms with Crippen molar-refractivity contribution in [3.63, 3.8) is 0 Å². The van der Waals surface area contributed by atoms with Crippen molar-refractivity contribution in [1.82, 2.24) is 20.1 Å². The summed E-state index contributed by atoms with van der Waals surface area (Å²) in [5, 5.41) is 8.39. The van der Waals surface area contributed by atoms with Crippen LogP contribution in [0.1, 0.15) is 46.0 Å². The molecule has 2 heterocycles. The van der Waals surface area contributed by atoms with Crippen LogP contribution in [0, 0.1) is 11.8 Å². The largest absolute Gasteiger partial charge is 0.477 e. The van der Waals surface area contributed by atoms with Crippen molar-refractivity contribution in [2.45, 2.75) is 64.6 Å². The van der Waals surface area contributed by atoms with Crippen LogP contribution in [-0.4, -0.2) is 46.0 Å². The quantitative estimate of drug-likeness (QED) is 0.717. The first-order chi connectivity index (χ1) is 13.6. The lowest BCUT2D eigenvalue weighted by atomic mass is 9.83.